The molecular formula is C23H26N2O3. The van der Waals surface area contributed by atoms with E-state index in [0.717, 1.165) is 10.5 Å². The van der Waals surface area contributed by atoms with Crippen LogP contribution in [-0.4, -0.2) is 28.7 Å². The fraction of sp³-hybridized carbons (Fsp3) is 0.348. The van der Waals surface area contributed by atoms with Gasteiger partial charge in [0.25, 0.3) is 11.8 Å². The number of benzene rings is 2. The van der Waals surface area contributed by atoms with Crippen molar-refractivity contribution >= 4 is 23.4 Å². The highest BCUT2D eigenvalue weighted by Crippen LogP contribution is 2.29. The van der Waals surface area contributed by atoms with E-state index in [1.54, 1.807) is 24.3 Å². The number of hydrogen-bond donors (Lipinski definition) is 1. The Labute approximate surface area is 165 Å². The molecule has 0 spiro atoms. The molecule has 3 amide bonds. The highest BCUT2D eigenvalue weighted by atomic mass is 16.2. The first-order chi connectivity index (χ1) is 13.3. The quantitative estimate of drug-likeness (QED) is 0.755. The third kappa shape index (κ3) is 3.70. The van der Waals surface area contributed by atoms with E-state index < -0.39 is 17.9 Å². The zero-order valence-corrected chi connectivity index (χ0v) is 16.7. The summed E-state index contributed by atoms with van der Waals surface area (Å²) in [5.41, 5.74) is 2.45. The SMILES string of the molecule is CC(C)C[C@H](C(=O)Nc1ccccc1C(C)C)N1C(=O)c2ccccc2C1=O. The summed E-state index contributed by atoms with van der Waals surface area (Å²) in [7, 11) is 0. The highest BCUT2D eigenvalue weighted by molar-refractivity contribution is 6.23. The molecule has 1 aliphatic rings. The van der Waals surface area contributed by atoms with Crippen molar-refractivity contribution in [2.75, 3.05) is 5.32 Å². The van der Waals surface area contributed by atoms with E-state index in [1.807, 2.05) is 38.1 Å². The van der Waals surface area contributed by atoms with Crippen LogP contribution in [0, 0.1) is 5.92 Å². The molecule has 0 fully saturated rings. The molecule has 3 rings (SSSR count). The Morgan fingerprint density at radius 1 is 0.893 bits per heavy atom. The summed E-state index contributed by atoms with van der Waals surface area (Å²) in [5.74, 6) is -0.770. The van der Waals surface area contributed by atoms with Crippen molar-refractivity contribution in [2.24, 2.45) is 5.92 Å². The van der Waals surface area contributed by atoms with Crippen molar-refractivity contribution in [3.8, 4) is 0 Å². The fourth-order valence-electron chi connectivity index (χ4n) is 3.60. The summed E-state index contributed by atoms with van der Waals surface area (Å²) in [4.78, 5) is 40.1. The number of amides is 3. The lowest BCUT2D eigenvalue weighted by Crippen LogP contribution is -2.48. The van der Waals surface area contributed by atoms with Crippen LogP contribution in [0.2, 0.25) is 0 Å². The van der Waals surface area contributed by atoms with Gasteiger partial charge in [0.15, 0.2) is 0 Å². The molecule has 5 nitrogen and oxygen atoms in total. The predicted octanol–water partition coefficient (Wildman–Crippen LogP) is 4.46. The van der Waals surface area contributed by atoms with Gasteiger partial charge in [-0.1, -0.05) is 58.0 Å². The molecule has 1 N–H and O–H groups in total. The molecule has 0 saturated carbocycles. The number of carbonyl (C=O) groups excluding carboxylic acids is 3. The van der Waals surface area contributed by atoms with Crippen LogP contribution in [-0.2, 0) is 4.79 Å². The van der Waals surface area contributed by atoms with E-state index in [0.29, 0.717) is 23.2 Å². The molecule has 2 aromatic carbocycles. The Kier molecular flexibility index (Phi) is 5.63. The molecule has 0 bridgehead atoms. The minimum atomic E-state index is -0.854. The van der Waals surface area contributed by atoms with Gasteiger partial charge in [0.05, 0.1) is 11.1 Å². The molecule has 0 aliphatic carbocycles. The number of carbonyl (C=O) groups is 3. The Bertz CT molecular complexity index is 883. The van der Waals surface area contributed by atoms with Crippen molar-refractivity contribution in [2.45, 2.75) is 46.1 Å². The summed E-state index contributed by atoms with van der Waals surface area (Å²) in [6.45, 7) is 8.06. The van der Waals surface area contributed by atoms with E-state index in [1.165, 1.54) is 0 Å². The van der Waals surface area contributed by atoms with Gasteiger partial charge in [-0.2, -0.15) is 0 Å². The van der Waals surface area contributed by atoms with Gasteiger partial charge in [-0.15, -0.1) is 0 Å². The van der Waals surface area contributed by atoms with E-state index in [4.69, 9.17) is 0 Å². The first kappa shape index (κ1) is 19.8. The van der Waals surface area contributed by atoms with E-state index >= 15 is 0 Å². The van der Waals surface area contributed by atoms with Crippen molar-refractivity contribution < 1.29 is 14.4 Å². The molecule has 2 aromatic rings. The second kappa shape index (κ2) is 7.97. The normalized spacial score (nSPS) is 14.6. The Hall–Kier alpha value is -2.95. The van der Waals surface area contributed by atoms with E-state index in [2.05, 4.69) is 19.2 Å². The lowest BCUT2D eigenvalue weighted by atomic mass is 9.99. The van der Waals surface area contributed by atoms with E-state index in [-0.39, 0.29) is 17.7 Å². The summed E-state index contributed by atoms with van der Waals surface area (Å²) in [5, 5.41) is 2.96. The van der Waals surface area contributed by atoms with Gasteiger partial charge in [0.2, 0.25) is 5.91 Å². The molecule has 1 atom stereocenters. The minimum Gasteiger partial charge on any atom is -0.324 e. The number of hydrogen-bond acceptors (Lipinski definition) is 3. The molecule has 0 saturated heterocycles. The minimum absolute atomic E-state index is 0.139. The number of fused-ring (bicyclic) bond motifs is 1. The van der Waals surface area contributed by atoms with Gasteiger partial charge in [0, 0.05) is 5.69 Å². The van der Waals surface area contributed by atoms with Crippen LogP contribution < -0.4 is 5.32 Å². The number of rotatable bonds is 6. The van der Waals surface area contributed by atoms with Gasteiger partial charge in [0.1, 0.15) is 6.04 Å². The summed E-state index contributed by atoms with van der Waals surface area (Å²) >= 11 is 0. The average Bonchev–Trinajstić information content (AvgIpc) is 2.91. The molecule has 5 heteroatoms. The van der Waals surface area contributed by atoms with Gasteiger partial charge >= 0.3 is 0 Å². The molecule has 0 radical (unpaired) electrons. The van der Waals surface area contributed by atoms with Gasteiger partial charge < -0.3 is 5.32 Å². The first-order valence-electron chi connectivity index (χ1n) is 9.68. The van der Waals surface area contributed by atoms with Crippen LogP contribution in [0.25, 0.3) is 0 Å². The smallest absolute Gasteiger partial charge is 0.262 e. The average molecular weight is 378 g/mol. The van der Waals surface area contributed by atoms with Crippen LogP contribution in [0.3, 0.4) is 0 Å². The summed E-state index contributed by atoms with van der Waals surface area (Å²) < 4.78 is 0. The van der Waals surface area contributed by atoms with Crippen LogP contribution in [0.1, 0.15) is 66.3 Å². The number of para-hydroxylation sites is 1. The second-order valence-corrected chi connectivity index (χ2v) is 7.90. The fourth-order valence-corrected chi connectivity index (χ4v) is 3.60. The number of anilines is 1. The topological polar surface area (TPSA) is 66.5 Å². The molecule has 1 heterocycles. The standard InChI is InChI=1S/C23H26N2O3/c1-14(2)13-20(21(26)24-19-12-8-7-9-16(19)15(3)4)25-22(27)17-10-5-6-11-18(17)23(25)28/h5-12,14-15,20H,13H2,1-4H3,(H,24,26)/t20-/m1/s1. The zero-order valence-electron chi connectivity index (χ0n) is 16.7. The first-order valence-corrected chi connectivity index (χ1v) is 9.68. The largest absolute Gasteiger partial charge is 0.324 e. The Balaban J connectivity index is 1.93. The van der Waals surface area contributed by atoms with Crippen molar-refractivity contribution in [3.05, 3.63) is 65.2 Å². The molecule has 28 heavy (non-hydrogen) atoms. The van der Waals surface area contributed by atoms with Crippen LogP contribution in [0.15, 0.2) is 48.5 Å². The van der Waals surface area contributed by atoms with Crippen molar-refractivity contribution in [1.82, 2.24) is 4.90 Å². The maximum atomic E-state index is 13.2. The zero-order chi connectivity index (χ0) is 20.4. The third-order valence-electron chi connectivity index (χ3n) is 4.98. The number of nitrogens with zero attached hydrogens (tertiary/aromatic N) is 1. The monoisotopic (exact) mass is 378 g/mol. The second-order valence-electron chi connectivity index (χ2n) is 7.90. The maximum Gasteiger partial charge on any atom is 0.262 e. The molecule has 146 valence electrons. The van der Waals surface area contributed by atoms with Crippen molar-refractivity contribution in [3.63, 3.8) is 0 Å². The molecule has 0 unspecified atom stereocenters. The summed E-state index contributed by atoms with van der Waals surface area (Å²) in [6, 6.07) is 13.5. The number of nitrogens with one attached hydrogen (secondary N) is 1. The van der Waals surface area contributed by atoms with E-state index in [9.17, 15) is 14.4 Å². The highest BCUT2D eigenvalue weighted by Gasteiger charge is 2.42. The lowest BCUT2D eigenvalue weighted by molar-refractivity contribution is -0.120. The third-order valence-corrected chi connectivity index (χ3v) is 4.98. The number of imide groups is 1. The van der Waals surface area contributed by atoms with Crippen LogP contribution in [0.5, 0.6) is 0 Å². The summed E-state index contributed by atoms with van der Waals surface area (Å²) in [6.07, 6.45) is 0.404. The van der Waals surface area contributed by atoms with Gasteiger partial charge in [-0.05, 0) is 42.0 Å². The maximum absolute atomic E-state index is 13.2. The Morgan fingerprint density at radius 3 is 1.96 bits per heavy atom. The molecule has 1 aliphatic heterocycles. The molecular weight excluding hydrogens is 352 g/mol. The predicted molar refractivity (Wildman–Crippen MR) is 109 cm³/mol. The lowest BCUT2D eigenvalue weighted by Gasteiger charge is -2.27. The Morgan fingerprint density at radius 2 is 1.43 bits per heavy atom. The van der Waals surface area contributed by atoms with Crippen LogP contribution in [0.4, 0.5) is 5.69 Å². The van der Waals surface area contributed by atoms with Crippen LogP contribution >= 0.6 is 0 Å². The van der Waals surface area contributed by atoms with Gasteiger partial charge in [-0.3, -0.25) is 19.3 Å². The van der Waals surface area contributed by atoms with Gasteiger partial charge in [-0.25, -0.2) is 0 Å². The molecule has 0 aromatic heterocycles. The van der Waals surface area contributed by atoms with Crippen molar-refractivity contribution in [1.29, 1.82) is 0 Å².